The Morgan fingerprint density at radius 3 is 2.94 bits per heavy atom. The predicted molar refractivity (Wildman–Crippen MR) is 72.1 cm³/mol. The van der Waals surface area contributed by atoms with Crippen LogP contribution in [0.4, 0.5) is 11.5 Å². The van der Waals surface area contributed by atoms with Gasteiger partial charge in [-0.2, -0.15) is 5.10 Å². The van der Waals surface area contributed by atoms with Gasteiger partial charge in [-0.15, -0.1) is 0 Å². The van der Waals surface area contributed by atoms with E-state index >= 15 is 0 Å². The van der Waals surface area contributed by atoms with E-state index in [1.807, 2.05) is 30.3 Å². The molecule has 5 nitrogen and oxygen atoms in total. The van der Waals surface area contributed by atoms with Gasteiger partial charge in [0.05, 0.1) is 11.7 Å². The number of hydrogen-bond donors (Lipinski definition) is 3. The Balaban J connectivity index is 1.89. The molecule has 90 valence electrons. The molecule has 3 rings (SSSR count). The zero-order valence-corrected chi connectivity index (χ0v) is 9.72. The van der Waals surface area contributed by atoms with E-state index in [0.29, 0.717) is 12.4 Å². The number of nitrogens with zero attached hydrogens (tertiary/aromatic N) is 2. The Bertz CT molecular complexity index is 668. The Kier molecular flexibility index (Phi) is 2.57. The molecule has 0 aliphatic carbocycles. The van der Waals surface area contributed by atoms with Gasteiger partial charge in [-0.1, -0.05) is 18.2 Å². The van der Waals surface area contributed by atoms with Crippen LogP contribution in [0.15, 0.2) is 42.7 Å². The quantitative estimate of drug-likeness (QED) is 0.654. The largest absolute Gasteiger partial charge is 0.384 e. The van der Waals surface area contributed by atoms with Crippen molar-refractivity contribution in [1.29, 1.82) is 0 Å². The van der Waals surface area contributed by atoms with Crippen molar-refractivity contribution in [3.05, 3.63) is 48.3 Å². The van der Waals surface area contributed by atoms with Crippen molar-refractivity contribution in [1.82, 2.24) is 15.2 Å². The minimum absolute atomic E-state index is 0.598. The first-order valence-electron chi connectivity index (χ1n) is 5.70. The first-order valence-corrected chi connectivity index (χ1v) is 5.70. The summed E-state index contributed by atoms with van der Waals surface area (Å²) in [5.74, 6) is 0.598. The molecule has 5 heteroatoms. The molecule has 18 heavy (non-hydrogen) atoms. The number of rotatable bonds is 3. The van der Waals surface area contributed by atoms with Gasteiger partial charge in [0.15, 0.2) is 0 Å². The number of hydrogen-bond acceptors (Lipinski definition) is 4. The maximum absolute atomic E-state index is 5.75. The van der Waals surface area contributed by atoms with Gasteiger partial charge in [-0.05, 0) is 12.1 Å². The third kappa shape index (κ3) is 1.86. The summed E-state index contributed by atoms with van der Waals surface area (Å²) in [4.78, 5) is 4.32. The van der Waals surface area contributed by atoms with E-state index in [-0.39, 0.29) is 0 Å². The smallest absolute Gasteiger partial charge is 0.123 e. The Labute approximate surface area is 104 Å². The maximum Gasteiger partial charge on any atom is 0.123 e. The van der Waals surface area contributed by atoms with E-state index in [2.05, 4.69) is 20.5 Å². The number of nitrogens with one attached hydrogen (secondary N) is 2. The molecule has 0 saturated heterocycles. The Morgan fingerprint density at radius 1 is 1.22 bits per heavy atom. The van der Waals surface area contributed by atoms with Crippen LogP contribution in [0.1, 0.15) is 5.56 Å². The van der Waals surface area contributed by atoms with Crippen molar-refractivity contribution in [2.45, 2.75) is 6.54 Å². The zero-order chi connectivity index (χ0) is 12.4. The van der Waals surface area contributed by atoms with E-state index in [4.69, 9.17) is 5.73 Å². The third-order valence-electron chi connectivity index (χ3n) is 2.87. The fourth-order valence-corrected chi connectivity index (χ4v) is 1.90. The number of aromatic amines is 1. The molecular weight excluding hydrogens is 226 g/mol. The number of aromatic nitrogens is 3. The van der Waals surface area contributed by atoms with E-state index < -0.39 is 0 Å². The normalized spacial score (nSPS) is 10.7. The molecule has 2 aromatic heterocycles. The van der Waals surface area contributed by atoms with E-state index in [1.54, 1.807) is 12.4 Å². The molecule has 0 bridgehead atoms. The lowest BCUT2D eigenvalue weighted by Gasteiger charge is -2.08. The van der Waals surface area contributed by atoms with Crippen molar-refractivity contribution in [3.63, 3.8) is 0 Å². The molecule has 0 atom stereocenters. The minimum atomic E-state index is 0.598. The summed E-state index contributed by atoms with van der Waals surface area (Å²) in [6, 6.07) is 9.98. The number of nitrogen functional groups attached to an aromatic ring is 1. The van der Waals surface area contributed by atoms with Crippen molar-refractivity contribution in [2.75, 3.05) is 11.1 Å². The second-order valence-corrected chi connectivity index (χ2v) is 4.04. The highest BCUT2D eigenvalue weighted by molar-refractivity contribution is 5.90. The van der Waals surface area contributed by atoms with E-state index in [1.165, 1.54) is 0 Å². The SMILES string of the molecule is Nc1[nH]ncc1CNc1ccnc2ccccc12. The van der Waals surface area contributed by atoms with Crippen LogP contribution in [0.3, 0.4) is 0 Å². The summed E-state index contributed by atoms with van der Waals surface area (Å²) in [5.41, 5.74) is 8.72. The van der Waals surface area contributed by atoms with E-state index in [0.717, 1.165) is 22.2 Å². The molecule has 0 spiro atoms. The highest BCUT2D eigenvalue weighted by Gasteiger charge is 2.03. The molecule has 1 aromatic carbocycles. The average molecular weight is 239 g/mol. The van der Waals surface area contributed by atoms with Crippen LogP contribution in [-0.2, 0) is 6.54 Å². The molecule has 0 radical (unpaired) electrons. The van der Waals surface area contributed by atoms with Gasteiger partial charge in [0, 0.05) is 29.4 Å². The molecule has 2 heterocycles. The highest BCUT2D eigenvalue weighted by atomic mass is 15.1. The first-order chi connectivity index (χ1) is 8.84. The van der Waals surface area contributed by atoms with Crippen molar-refractivity contribution >= 4 is 22.4 Å². The van der Waals surface area contributed by atoms with Gasteiger partial charge in [0.2, 0.25) is 0 Å². The summed E-state index contributed by atoms with van der Waals surface area (Å²) < 4.78 is 0. The molecule has 3 aromatic rings. The molecule has 0 saturated carbocycles. The maximum atomic E-state index is 5.75. The molecule has 0 aliphatic heterocycles. The van der Waals surface area contributed by atoms with Gasteiger partial charge in [0.1, 0.15) is 5.82 Å². The second kappa shape index (κ2) is 4.37. The minimum Gasteiger partial charge on any atom is -0.384 e. The first kappa shape index (κ1) is 10.6. The van der Waals surface area contributed by atoms with Gasteiger partial charge >= 0.3 is 0 Å². The molecule has 0 unspecified atom stereocenters. The number of H-pyrrole nitrogens is 1. The fourth-order valence-electron chi connectivity index (χ4n) is 1.90. The van der Waals surface area contributed by atoms with Crippen LogP contribution in [0, 0.1) is 0 Å². The van der Waals surface area contributed by atoms with Gasteiger partial charge in [0.25, 0.3) is 0 Å². The van der Waals surface area contributed by atoms with Crippen molar-refractivity contribution < 1.29 is 0 Å². The Morgan fingerprint density at radius 2 is 2.11 bits per heavy atom. The van der Waals surface area contributed by atoms with Crippen LogP contribution < -0.4 is 11.1 Å². The number of para-hydroxylation sites is 1. The summed E-state index contributed by atoms with van der Waals surface area (Å²) >= 11 is 0. The van der Waals surface area contributed by atoms with Crippen LogP contribution in [-0.4, -0.2) is 15.2 Å². The van der Waals surface area contributed by atoms with Gasteiger partial charge in [-0.25, -0.2) is 0 Å². The predicted octanol–water partition coefficient (Wildman–Crippen LogP) is 2.15. The number of benzene rings is 1. The lowest BCUT2D eigenvalue weighted by molar-refractivity contribution is 1.10. The lowest BCUT2D eigenvalue weighted by Crippen LogP contribution is -2.02. The zero-order valence-electron chi connectivity index (χ0n) is 9.72. The van der Waals surface area contributed by atoms with Crippen molar-refractivity contribution in [3.8, 4) is 0 Å². The van der Waals surface area contributed by atoms with Gasteiger partial charge in [-0.3, -0.25) is 10.1 Å². The van der Waals surface area contributed by atoms with Crippen LogP contribution in [0.2, 0.25) is 0 Å². The summed E-state index contributed by atoms with van der Waals surface area (Å²) in [6.45, 7) is 0.635. The fraction of sp³-hybridized carbons (Fsp3) is 0.0769. The topological polar surface area (TPSA) is 79.6 Å². The molecule has 0 fully saturated rings. The summed E-state index contributed by atoms with van der Waals surface area (Å²) in [7, 11) is 0. The van der Waals surface area contributed by atoms with Crippen LogP contribution in [0.5, 0.6) is 0 Å². The van der Waals surface area contributed by atoms with E-state index in [9.17, 15) is 0 Å². The molecular formula is C13H13N5. The number of pyridine rings is 1. The number of anilines is 2. The van der Waals surface area contributed by atoms with Gasteiger partial charge < -0.3 is 11.1 Å². The lowest BCUT2D eigenvalue weighted by atomic mass is 10.2. The number of fused-ring (bicyclic) bond motifs is 1. The Hall–Kier alpha value is -2.56. The van der Waals surface area contributed by atoms with Crippen LogP contribution in [0.25, 0.3) is 10.9 Å². The third-order valence-corrected chi connectivity index (χ3v) is 2.87. The second-order valence-electron chi connectivity index (χ2n) is 4.04. The average Bonchev–Trinajstić information content (AvgIpc) is 2.82. The standard InChI is InChI=1S/C13H13N5/c14-13-9(8-17-18-13)7-16-12-5-6-15-11-4-2-1-3-10(11)12/h1-6,8H,7H2,(H,15,16)(H3,14,17,18). The molecule has 0 aliphatic rings. The van der Waals surface area contributed by atoms with Crippen LogP contribution >= 0.6 is 0 Å². The summed E-state index contributed by atoms with van der Waals surface area (Å²) in [5, 5.41) is 11.1. The molecule has 0 amide bonds. The van der Waals surface area contributed by atoms with Crippen molar-refractivity contribution in [2.24, 2.45) is 0 Å². The highest BCUT2D eigenvalue weighted by Crippen LogP contribution is 2.21. The summed E-state index contributed by atoms with van der Waals surface area (Å²) in [6.07, 6.45) is 3.52. The monoisotopic (exact) mass is 239 g/mol. The number of nitrogens with two attached hydrogens (primary N) is 1. The molecule has 4 N–H and O–H groups in total.